The summed E-state index contributed by atoms with van der Waals surface area (Å²) in [5.41, 5.74) is 0. The van der Waals surface area contributed by atoms with Crippen LogP contribution in [0.2, 0.25) is 0 Å². The molecule has 2 N–H and O–H groups in total. The Labute approximate surface area is 90.7 Å². The quantitative estimate of drug-likeness (QED) is 0.786. The van der Waals surface area contributed by atoms with E-state index < -0.39 is 0 Å². The van der Waals surface area contributed by atoms with Crippen LogP contribution < -0.4 is 10.6 Å². The summed E-state index contributed by atoms with van der Waals surface area (Å²) in [5, 5.41) is 16.5. The van der Waals surface area contributed by atoms with Crippen molar-refractivity contribution >= 4 is 17.4 Å². The van der Waals surface area contributed by atoms with Crippen LogP contribution in [0.4, 0.5) is 6.01 Å². The minimum atomic E-state index is 0.426. The Kier molecular flexibility index (Phi) is 3.25. The van der Waals surface area contributed by atoms with E-state index in [1.807, 2.05) is 12.4 Å². The molecule has 0 aliphatic heterocycles. The number of nitrogens with one attached hydrogen (secondary N) is 2. The van der Waals surface area contributed by atoms with Crippen molar-refractivity contribution in [1.82, 2.24) is 20.5 Å². The van der Waals surface area contributed by atoms with Crippen LogP contribution in [0, 0.1) is 0 Å². The minimum absolute atomic E-state index is 0.426. The molecule has 0 aromatic carbocycles. The van der Waals surface area contributed by atoms with Crippen LogP contribution in [0.3, 0.4) is 0 Å². The second-order valence-electron chi connectivity index (χ2n) is 2.81. The van der Waals surface area contributed by atoms with Crippen molar-refractivity contribution in [2.24, 2.45) is 0 Å². The van der Waals surface area contributed by atoms with Crippen LogP contribution in [-0.2, 0) is 13.1 Å². The Morgan fingerprint density at radius 2 is 2.33 bits per heavy atom. The van der Waals surface area contributed by atoms with Gasteiger partial charge in [0.2, 0.25) is 5.89 Å². The lowest BCUT2D eigenvalue weighted by Crippen LogP contribution is -2.04. The molecule has 0 saturated carbocycles. The minimum Gasteiger partial charge on any atom is -0.407 e. The molecule has 0 aliphatic carbocycles. The van der Waals surface area contributed by atoms with E-state index in [0.717, 1.165) is 5.01 Å². The Balaban J connectivity index is 1.88. The molecule has 2 aromatic heterocycles. The molecule has 2 aromatic rings. The first kappa shape index (κ1) is 10.1. The summed E-state index contributed by atoms with van der Waals surface area (Å²) in [6, 6.07) is 0.426. The van der Waals surface area contributed by atoms with Gasteiger partial charge in [0.15, 0.2) is 0 Å². The fourth-order valence-corrected chi connectivity index (χ4v) is 1.60. The zero-order valence-electron chi connectivity index (χ0n) is 8.23. The Morgan fingerprint density at radius 1 is 1.40 bits per heavy atom. The lowest BCUT2D eigenvalue weighted by atomic mass is 10.6. The van der Waals surface area contributed by atoms with Gasteiger partial charge in [-0.2, -0.15) is 0 Å². The highest BCUT2D eigenvalue weighted by atomic mass is 32.1. The molecule has 0 spiro atoms. The summed E-state index contributed by atoms with van der Waals surface area (Å²) >= 11 is 1.58. The molecule has 0 saturated heterocycles. The van der Waals surface area contributed by atoms with Crippen molar-refractivity contribution in [3.8, 4) is 0 Å². The molecule has 0 amide bonds. The first-order valence-electron chi connectivity index (χ1n) is 4.47. The first-order valence-corrected chi connectivity index (χ1v) is 5.35. The highest BCUT2D eigenvalue weighted by Crippen LogP contribution is 2.09. The van der Waals surface area contributed by atoms with Crippen LogP contribution in [0.25, 0.3) is 0 Å². The highest BCUT2D eigenvalue weighted by molar-refractivity contribution is 7.09. The van der Waals surface area contributed by atoms with Gasteiger partial charge in [0.25, 0.3) is 0 Å². The lowest BCUT2D eigenvalue weighted by molar-refractivity contribution is 0.489. The molecule has 6 nitrogen and oxygen atoms in total. The van der Waals surface area contributed by atoms with Gasteiger partial charge in [0.1, 0.15) is 5.01 Å². The maximum absolute atomic E-state index is 5.30. The Morgan fingerprint density at radius 3 is 3.07 bits per heavy atom. The van der Waals surface area contributed by atoms with Gasteiger partial charge in [-0.1, -0.05) is 5.10 Å². The standard InChI is InChI=1S/C8H11N5OS/c1-9-4-6-12-13-8(14-6)11-5-7-10-2-3-15-7/h2-3,9H,4-5H2,1H3,(H,11,13). The third-order valence-corrected chi connectivity index (χ3v) is 2.45. The van der Waals surface area contributed by atoms with Crippen molar-refractivity contribution in [3.05, 3.63) is 22.5 Å². The topological polar surface area (TPSA) is 75.9 Å². The monoisotopic (exact) mass is 225 g/mol. The zero-order valence-corrected chi connectivity index (χ0v) is 9.04. The molecule has 0 atom stereocenters. The fourth-order valence-electron chi connectivity index (χ4n) is 1.04. The van der Waals surface area contributed by atoms with Crippen LogP contribution >= 0.6 is 11.3 Å². The molecule has 80 valence electrons. The summed E-state index contributed by atoms with van der Waals surface area (Å²) < 4.78 is 5.30. The van der Waals surface area contributed by atoms with Gasteiger partial charge >= 0.3 is 6.01 Å². The van der Waals surface area contributed by atoms with Gasteiger partial charge in [-0.25, -0.2) is 4.98 Å². The zero-order chi connectivity index (χ0) is 10.5. The third kappa shape index (κ3) is 2.74. The van der Waals surface area contributed by atoms with Crippen molar-refractivity contribution < 1.29 is 4.42 Å². The Hall–Kier alpha value is -1.47. The average molecular weight is 225 g/mol. The lowest BCUT2D eigenvalue weighted by Gasteiger charge is -1.96. The van der Waals surface area contributed by atoms with Crippen molar-refractivity contribution in [2.75, 3.05) is 12.4 Å². The molecular formula is C8H11N5OS. The van der Waals surface area contributed by atoms with Gasteiger partial charge in [-0.05, 0) is 7.05 Å². The van der Waals surface area contributed by atoms with Gasteiger partial charge < -0.3 is 15.1 Å². The maximum atomic E-state index is 5.30. The molecular weight excluding hydrogens is 214 g/mol. The van der Waals surface area contributed by atoms with Crippen LogP contribution in [0.5, 0.6) is 0 Å². The molecule has 0 unspecified atom stereocenters. The summed E-state index contributed by atoms with van der Waals surface area (Å²) in [4.78, 5) is 4.13. The molecule has 0 fully saturated rings. The summed E-state index contributed by atoms with van der Waals surface area (Å²) in [6.45, 7) is 1.19. The van der Waals surface area contributed by atoms with E-state index in [0.29, 0.717) is 25.0 Å². The highest BCUT2D eigenvalue weighted by Gasteiger charge is 2.04. The van der Waals surface area contributed by atoms with Crippen LogP contribution in [0.1, 0.15) is 10.9 Å². The van der Waals surface area contributed by atoms with E-state index in [2.05, 4.69) is 25.8 Å². The van der Waals surface area contributed by atoms with E-state index >= 15 is 0 Å². The van der Waals surface area contributed by atoms with E-state index in [4.69, 9.17) is 4.42 Å². The van der Waals surface area contributed by atoms with Gasteiger partial charge in [0, 0.05) is 11.6 Å². The molecule has 7 heteroatoms. The summed E-state index contributed by atoms with van der Waals surface area (Å²) in [6.07, 6.45) is 1.77. The molecule has 0 radical (unpaired) electrons. The number of nitrogens with zero attached hydrogens (tertiary/aromatic N) is 3. The molecule has 2 heterocycles. The largest absolute Gasteiger partial charge is 0.407 e. The van der Waals surface area contributed by atoms with Gasteiger partial charge in [-0.15, -0.1) is 16.4 Å². The van der Waals surface area contributed by atoms with E-state index in [-0.39, 0.29) is 0 Å². The normalized spacial score (nSPS) is 10.5. The third-order valence-electron chi connectivity index (χ3n) is 1.67. The number of aromatic nitrogens is 3. The second kappa shape index (κ2) is 4.85. The van der Waals surface area contributed by atoms with E-state index in [1.54, 1.807) is 17.5 Å². The van der Waals surface area contributed by atoms with Gasteiger partial charge in [-0.3, -0.25) is 0 Å². The summed E-state index contributed by atoms with van der Waals surface area (Å²) in [5.74, 6) is 0.569. The smallest absolute Gasteiger partial charge is 0.315 e. The van der Waals surface area contributed by atoms with Crippen molar-refractivity contribution in [2.45, 2.75) is 13.1 Å². The molecule has 15 heavy (non-hydrogen) atoms. The number of rotatable bonds is 5. The number of anilines is 1. The predicted molar refractivity (Wildman–Crippen MR) is 56.5 cm³/mol. The van der Waals surface area contributed by atoms with Crippen LogP contribution in [-0.4, -0.2) is 22.2 Å². The Bertz CT molecular complexity index is 399. The van der Waals surface area contributed by atoms with Crippen LogP contribution in [0.15, 0.2) is 16.0 Å². The number of thiazole rings is 1. The maximum Gasteiger partial charge on any atom is 0.315 e. The summed E-state index contributed by atoms with van der Waals surface area (Å²) in [7, 11) is 1.83. The van der Waals surface area contributed by atoms with E-state index in [1.165, 1.54) is 0 Å². The predicted octanol–water partition coefficient (Wildman–Crippen LogP) is 0.858. The fraction of sp³-hybridized carbons (Fsp3) is 0.375. The van der Waals surface area contributed by atoms with Gasteiger partial charge in [0.05, 0.1) is 13.1 Å². The number of hydrogen-bond donors (Lipinski definition) is 2. The molecule has 2 rings (SSSR count). The van der Waals surface area contributed by atoms with Crippen molar-refractivity contribution in [1.29, 1.82) is 0 Å². The molecule has 0 bridgehead atoms. The van der Waals surface area contributed by atoms with Crippen molar-refractivity contribution in [3.63, 3.8) is 0 Å². The first-order chi connectivity index (χ1) is 7.38. The molecule has 0 aliphatic rings. The second-order valence-corrected chi connectivity index (χ2v) is 3.79. The SMILES string of the molecule is CNCc1nnc(NCc2nccs2)o1. The number of hydrogen-bond acceptors (Lipinski definition) is 7. The average Bonchev–Trinajstić information content (AvgIpc) is 2.85. The van der Waals surface area contributed by atoms with E-state index in [9.17, 15) is 0 Å².